The van der Waals surface area contributed by atoms with Crippen LogP contribution in [-0.2, 0) is 15.9 Å². The summed E-state index contributed by atoms with van der Waals surface area (Å²) in [5.74, 6) is 1.63. The number of ether oxygens (including phenoxy) is 2. The van der Waals surface area contributed by atoms with E-state index in [1.54, 1.807) is 20.3 Å². The van der Waals surface area contributed by atoms with E-state index in [0.717, 1.165) is 23.6 Å². The largest absolute Gasteiger partial charge is 0.497 e. The predicted octanol–water partition coefficient (Wildman–Crippen LogP) is 2.52. The summed E-state index contributed by atoms with van der Waals surface area (Å²) in [6, 6.07) is 2.09. The Kier molecular flexibility index (Phi) is 4.22. The molecule has 0 radical (unpaired) electrons. The van der Waals surface area contributed by atoms with E-state index in [1.165, 1.54) is 11.1 Å². The predicted molar refractivity (Wildman–Crippen MR) is 76.2 cm³/mol. The maximum atomic E-state index is 5.37. The van der Waals surface area contributed by atoms with Crippen LogP contribution in [0.25, 0.3) is 0 Å². The molecule has 4 heteroatoms. The van der Waals surface area contributed by atoms with Gasteiger partial charge in [-0.3, -0.25) is 0 Å². The minimum atomic E-state index is -0.0377. The van der Waals surface area contributed by atoms with Gasteiger partial charge in [0, 0.05) is 25.4 Å². The highest BCUT2D eigenvalue weighted by atomic mass is 16.5. The van der Waals surface area contributed by atoms with Crippen molar-refractivity contribution in [2.75, 3.05) is 26.1 Å². The molecule has 19 heavy (non-hydrogen) atoms. The van der Waals surface area contributed by atoms with Crippen LogP contribution in [0, 0.1) is 0 Å². The van der Waals surface area contributed by atoms with Gasteiger partial charge in [-0.2, -0.15) is 0 Å². The Balaban J connectivity index is 2.08. The molecule has 0 saturated carbocycles. The van der Waals surface area contributed by atoms with E-state index in [2.05, 4.69) is 22.9 Å². The maximum Gasteiger partial charge on any atom is 0.126 e. The van der Waals surface area contributed by atoms with Crippen LogP contribution in [0.4, 0.5) is 5.82 Å². The van der Waals surface area contributed by atoms with Crippen LogP contribution in [0.15, 0.2) is 36.3 Å². The van der Waals surface area contributed by atoms with Gasteiger partial charge in [0.15, 0.2) is 0 Å². The average Bonchev–Trinajstić information content (AvgIpc) is 3.21. The molecule has 1 aromatic heterocycles. The fourth-order valence-corrected chi connectivity index (χ4v) is 1.98. The molecule has 1 N–H and O–H groups in total. The summed E-state index contributed by atoms with van der Waals surface area (Å²) in [4.78, 5) is 4.36. The topological polar surface area (TPSA) is 43.4 Å². The molecule has 0 fully saturated rings. The zero-order valence-corrected chi connectivity index (χ0v) is 11.7. The van der Waals surface area contributed by atoms with Crippen molar-refractivity contribution in [2.45, 2.75) is 19.4 Å². The Morgan fingerprint density at radius 1 is 1.53 bits per heavy atom. The van der Waals surface area contributed by atoms with E-state index < -0.39 is 0 Å². The smallest absolute Gasteiger partial charge is 0.126 e. The summed E-state index contributed by atoms with van der Waals surface area (Å²) in [6.45, 7) is 6.37. The molecule has 1 heterocycles. The van der Waals surface area contributed by atoms with Crippen LogP contribution < -0.4 is 5.32 Å². The summed E-state index contributed by atoms with van der Waals surface area (Å²) in [5.41, 5.74) is 3.74. The highest BCUT2D eigenvalue weighted by molar-refractivity contribution is 5.51. The van der Waals surface area contributed by atoms with Crippen LogP contribution in [0.5, 0.6) is 0 Å². The average molecular weight is 260 g/mol. The molecular formula is C15H20N2O2. The first kappa shape index (κ1) is 13.6. The lowest BCUT2D eigenvalue weighted by molar-refractivity contribution is 0.140. The second-order valence-electron chi connectivity index (χ2n) is 4.54. The Bertz CT molecular complexity index is 509. The number of nitrogens with one attached hydrogen (secondary N) is 1. The number of methoxy groups -OCH3 is 2. The highest BCUT2D eigenvalue weighted by Gasteiger charge is 2.18. The number of rotatable bonds is 7. The molecule has 0 saturated heterocycles. The fraction of sp³-hybridized carbons (Fsp3) is 0.400. The van der Waals surface area contributed by atoms with Crippen molar-refractivity contribution in [3.63, 3.8) is 0 Å². The minimum absolute atomic E-state index is 0.0377. The third-order valence-electron chi connectivity index (χ3n) is 3.36. The van der Waals surface area contributed by atoms with Crippen LogP contribution in [-0.4, -0.2) is 31.9 Å². The van der Waals surface area contributed by atoms with Gasteiger partial charge < -0.3 is 14.8 Å². The summed E-state index contributed by atoms with van der Waals surface area (Å²) in [6.07, 6.45) is 4.66. The summed E-state index contributed by atoms with van der Waals surface area (Å²) >= 11 is 0. The van der Waals surface area contributed by atoms with Crippen molar-refractivity contribution >= 4 is 5.82 Å². The molecular weight excluding hydrogens is 240 g/mol. The Morgan fingerprint density at radius 3 is 2.89 bits per heavy atom. The number of anilines is 1. The molecule has 1 aromatic rings. The van der Waals surface area contributed by atoms with E-state index in [9.17, 15) is 0 Å². The third-order valence-corrected chi connectivity index (χ3v) is 3.36. The van der Waals surface area contributed by atoms with Crippen LogP contribution in [0.1, 0.15) is 18.1 Å². The molecule has 2 rings (SSSR count). The van der Waals surface area contributed by atoms with E-state index in [4.69, 9.17) is 9.47 Å². The van der Waals surface area contributed by atoms with E-state index in [1.807, 2.05) is 13.1 Å². The Morgan fingerprint density at radius 2 is 2.32 bits per heavy atom. The number of nitrogens with zero attached hydrogens (tertiary/aromatic N) is 1. The van der Waals surface area contributed by atoms with Crippen molar-refractivity contribution in [3.05, 3.63) is 47.4 Å². The molecule has 0 amide bonds. The lowest BCUT2D eigenvalue weighted by atomic mass is 10.1. The Labute approximate surface area is 114 Å². The van der Waals surface area contributed by atoms with Gasteiger partial charge >= 0.3 is 0 Å². The van der Waals surface area contributed by atoms with Crippen molar-refractivity contribution in [1.82, 2.24) is 4.98 Å². The number of pyridine rings is 1. The number of aromatic nitrogens is 1. The quantitative estimate of drug-likeness (QED) is 0.613. The first-order chi connectivity index (χ1) is 9.19. The van der Waals surface area contributed by atoms with E-state index in [0.29, 0.717) is 6.54 Å². The second kappa shape index (κ2) is 5.89. The van der Waals surface area contributed by atoms with Gasteiger partial charge in [-0.25, -0.2) is 4.98 Å². The molecule has 1 aliphatic rings. The first-order valence-electron chi connectivity index (χ1n) is 6.33. The minimum Gasteiger partial charge on any atom is -0.497 e. The van der Waals surface area contributed by atoms with Gasteiger partial charge in [0.1, 0.15) is 11.6 Å². The molecule has 4 nitrogen and oxygen atoms in total. The monoisotopic (exact) mass is 260 g/mol. The van der Waals surface area contributed by atoms with Gasteiger partial charge in [0.2, 0.25) is 0 Å². The van der Waals surface area contributed by atoms with Crippen molar-refractivity contribution in [2.24, 2.45) is 0 Å². The molecule has 102 valence electrons. The zero-order chi connectivity index (χ0) is 13.8. The summed E-state index contributed by atoms with van der Waals surface area (Å²) in [7, 11) is 3.32. The van der Waals surface area contributed by atoms with Gasteiger partial charge in [-0.15, -0.1) is 0 Å². The summed E-state index contributed by atoms with van der Waals surface area (Å²) < 4.78 is 10.7. The molecule has 0 aliphatic heterocycles. The Hall–Kier alpha value is -1.81. The molecule has 1 aliphatic carbocycles. The number of hydrogen-bond donors (Lipinski definition) is 1. The molecule has 0 aromatic carbocycles. The van der Waals surface area contributed by atoms with Crippen molar-refractivity contribution in [3.8, 4) is 0 Å². The standard InChI is InChI=1S/C15H20N2O2/c1-5-14(19-4)13(10(2)18-3)9-17-15-7-11-6-12(11)8-16-15/h5,7-8,10H,1,6,9H2,2-4H3,(H,16,17)/b14-13+. The summed E-state index contributed by atoms with van der Waals surface area (Å²) in [5, 5.41) is 3.31. The van der Waals surface area contributed by atoms with Crippen LogP contribution >= 0.6 is 0 Å². The van der Waals surface area contributed by atoms with Gasteiger partial charge in [-0.1, -0.05) is 6.58 Å². The van der Waals surface area contributed by atoms with Gasteiger partial charge in [0.05, 0.1) is 13.2 Å². The fourth-order valence-electron chi connectivity index (χ4n) is 1.98. The number of hydrogen-bond acceptors (Lipinski definition) is 4. The maximum absolute atomic E-state index is 5.37. The second-order valence-corrected chi connectivity index (χ2v) is 4.54. The first-order valence-corrected chi connectivity index (χ1v) is 6.33. The van der Waals surface area contributed by atoms with Gasteiger partial charge in [0.25, 0.3) is 0 Å². The SMILES string of the molecule is C=C/C(OC)=C(/CNc1cc2c(cn1)C2)C(C)OC. The van der Waals surface area contributed by atoms with E-state index in [-0.39, 0.29) is 6.10 Å². The molecule has 0 bridgehead atoms. The van der Waals surface area contributed by atoms with Crippen molar-refractivity contribution in [1.29, 1.82) is 0 Å². The molecule has 1 atom stereocenters. The van der Waals surface area contributed by atoms with E-state index >= 15 is 0 Å². The molecule has 0 spiro atoms. The zero-order valence-electron chi connectivity index (χ0n) is 11.7. The van der Waals surface area contributed by atoms with Crippen molar-refractivity contribution < 1.29 is 9.47 Å². The lowest BCUT2D eigenvalue weighted by Gasteiger charge is -2.18. The van der Waals surface area contributed by atoms with Crippen LogP contribution in [0.3, 0.4) is 0 Å². The third kappa shape index (κ3) is 3.15. The molecule has 1 unspecified atom stereocenters. The number of allylic oxidation sites excluding steroid dienone is 1. The van der Waals surface area contributed by atoms with Crippen LogP contribution in [0.2, 0.25) is 0 Å². The lowest BCUT2D eigenvalue weighted by Crippen LogP contribution is -2.19. The van der Waals surface area contributed by atoms with Gasteiger partial charge in [-0.05, 0) is 36.6 Å². The highest BCUT2D eigenvalue weighted by Crippen LogP contribution is 2.28. The number of fused-ring (bicyclic) bond motifs is 1. The normalized spacial score (nSPS) is 15.1.